The molecule has 13 heteroatoms. The van der Waals surface area contributed by atoms with Crippen molar-refractivity contribution in [3.63, 3.8) is 0 Å². The summed E-state index contributed by atoms with van der Waals surface area (Å²) >= 11 is 0. The van der Waals surface area contributed by atoms with Gasteiger partial charge in [0.15, 0.2) is 6.20 Å². The van der Waals surface area contributed by atoms with E-state index in [2.05, 4.69) is 16.0 Å². The van der Waals surface area contributed by atoms with E-state index in [0.717, 1.165) is 17.2 Å². The second-order valence-electron chi connectivity index (χ2n) is 9.63. The van der Waals surface area contributed by atoms with Crippen LogP contribution in [0.4, 0.5) is 35.0 Å². The van der Waals surface area contributed by atoms with Gasteiger partial charge in [-0.15, -0.1) is 0 Å². The molecule has 10 nitrogen and oxygen atoms in total. The molecule has 0 atom stereocenters. The number of carbonyl (C=O) groups excluding carboxylic acids is 3. The maximum Gasteiger partial charge on any atom is 0.418 e. The van der Waals surface area contributed by atoms with E-state index in [1.165, 1.54) is 55.6 Å². The molecule has 3 N–H and O–H groups in total. The predicted octanol–water partition coefficient (Wildman–Crippen LogP) is 5.04. The molecule has 1 saturated heterocycles. The average Bonchev–Trinajstić information content (AvgIpc) is 3.17. The standard InChI is InChI=1S/C27H26F3N5O5/c1-26(2)12-10-23(36)35(26)21-9-6-17(14-20(21)27(28,29)30)33-25(38)32-16-4-7-18(8-5-16)40-19-11-13-34(39)22(15-19)24(37)31-3/h4-9,11,13-15H,10,12H2,1-3H3,(H,31,37)(H2,32,33,38). The normalized spacial score (nSPS) is 14.6. The summed E-state index contributed by atoms with van der Waals surface area (Å²) in [5.74, 6) is -0.416. The van der Waals surface area contributed by atoms with Crippen molar-refractivity contribution >= 4 is 34.9 Å². The molecule has 40 heavy (non-hydrogen) atoms. The van der Waals surface area contributed by atoms with E-state index in [0.29, 0.717) is 22.6 Å². The summed E-state index contributed by atoms with van der Waals surface area (Å²) in [6, 6.07) is 11.2. The third kappa shape index (κ3) is 6.08. The van der Waals surface area contributed by atoms with Gasteiger partial charge >= 0.3 is 18.1 Å². The zero-order valence-corrected chi connectivity index (χ0v) is 21.8. The zero-order valence-electron chi connectivity index (χ0n) is 21.8. The van der Waals surface area contributed by atoms with Crippen LogP contribution in [0.3, 0.4) is 0 Å². The molecular formula is C27H26F3N5O5. The number of ether oxygens (including phenoxy) is 1. The molecular weight excluding hydrogens is 531 g/mol. The Hall–Kier alpha value is -4.81. The van der Waals surface area contributed by atoms with E-state index in [1.807, 2.05) is 0 Å². The zero-order chi connectivity index (χ0) is 29.2. The average molecular weight is 558 g/mol. The molecule has 2 heterocycles. The molecule has 3 aromatic rings. The maximum absolute atomic E-state index is 13.9. The predicted molar refractivity (Wildman–Crippen MR) is 140 cm³/mol. The Labute approximate surface area is 227 Å². The molecule has 1 aliphatic rings. The Morgan fingerprint density at radius 1 is 1.00 bits per heavy atom. The maximum atomic E-state index is 13.9. The molecule has 210 valence electrons. The second-order valence-corrected chi connectivity index (χ2v) is 9.63. The quantitative estimate of drug-likeness (QED) is 0.289. The summed E-state index contributed by atoms with van der Waals surface area (Å²) in [5, 5.41) is 19.0. The van der Waals surface area contributed by atoms with Crippen molar-refractivity contribution in [3.8, 4) is 11.5 Å². The highest BCUT2D eigenvalue weighted by Gasteiger charge is 2.44. The van der Waals surface area contributed by atoms with Gasteiger partial charge in [0.2, 0.25) is 5.91 Å². The van der Waals surface area contributed by atoms with E-state index in [4.69, 9.17) is 4.74 Å². The van der Waals surface area contributed by atoms with Gasteiger partial charge in [0.25, 0.3) is 5.69 Å². The molecule has 1 aromatic heterocycles. The number of urea groups is 1. The number of hydrogen-bond donors (Lipinski definition) is 3. The Balaban J connectivity index is 1.45. The lowest BCUT2D eigenvalue weighted by molar-refractivity contribution is -0.607. The highest BCUT2D eigenvalue weighted by Crippen LogP contribution is 2.43. The molecule has 0 unspecified atom stereocenters. The van der Waals surface area contributed by atoms with Crippen molar-refractivity contribution in [1.82, 2.24) is 5.32 Å². The third-order valence-corrected chi connectivity index (χ3v) is 6.30. The van der Waals surface area contributed by atoms with E-state index in [9.17, 15) is 32.8 Å². The van der Waals surface area contributed by atoms with Crippen molar-refractivity contribution in [2.24, 2.45) is 0 Å². The lowest BCUT2D eigenvalue weighted by atomic mass is 10.00. The number of benzene rings is 2. The summed E-state index contributed by atoms with van der Waals surface area (Å²) in [7, 11) is 1.39. The molecule has 1 aliphatic heterocycles. The fraction of sp³-hybridized carbons (Fsp3) is 0.259. The molecule has 0 saturated carbocycles. The minimum absolute atomic E-state index is 0.107. The summed E-state index contributed by atoms with van der Waals surface area (Å²) < 4.78 is 47.8. The number of carbonyl (C=O) groups is 3. The first-order valence-corrected chi connectivity index (χ1v) is 12.1. The molecule has 0 spiro atoms. The number of nitrogens with one attached hydrogen (secondary N) is 3. The van der Waals surface area contributed by atoms with Crippen molar-refractivity contribution < 1.29 is 37.0 Å². The number of halogens is 3. The number of aromatic nitrogens is 1. The number of hydrogen-bond acceptors (Lipinski definition) is 5. The first-order chi connectivity index (χ1) is 18.8. The minimum atomic E-state index is -4.76. The van der Waals surface area contributed by atoms with Crippen molar-refractivity contribution in [2.75, 3.05) is 22.6 Å². The molecule has 1 fully saturated rings. The van der Waals surface area contributed by atoms with Crippen molar-refractivity contribution in [1.29, 1.82) is 0 Å². The van der Waals surface area contributed by atoms with Gasteiger partial charge in [-0.1, -0.05) is 0 Å². The van der Waals surface area contributed by atoms with Crippen LogP contribution in [0.25, 0.3) is 0 Å². The molecule has 0 bridgehead atoms. The van der Waals surface area contributed by atoms with E-state index in [-0.39, 0.29) is 29.2 Å². The van der Waals surface area contributed by atoms with Gasteiger partial charge in [0, 0.05) is 36.4 Å². The van der Waals surface area contributed by atoms with Crippen LogP contribution in [0, 0.1) is 5.21 Å². The highest BCUT2D eigenvalue weighted by molar-refractivity contribution is 6.01. The van der Waals surface area contributed by atoms with Gasteiger partial charge < -0.3 is 30.8 Å². The molecule has 4 rings (SSSR count). The molecule has 4 amide bonds. The fourth-order valence-electron chi connectivity index (χ4n) is 4.33. The Morgan fingerprint density at radius 3 is 2.25 bits per heavy atom. The summed E-state index contributed by atoms with van der Waals surface area (Å²) in [4.78, 5) is 37.8. The van der Waals surface area contributed by atoms with E-state index >= 15 is 0 Å². The first kappa shape index (κ1) is 28.2. The summed E-state index contributed by atoms with van der Waals surface area (Å²) in [5.41, 5.74) is -2.01. The van der Waals surface area contributed by atoms with Gasteiger partial charge in [0.05, 0.1) is 17.3 Å². The lowest BCUT2D eigenvalue weighted by Gasteiger charge is -2.33. The lowest BCUT2D eigenvalue weighted by Crippen LogP contribution is -2.42. The van der Waals surface area contributed by atoms with Crippen LogP contribution in [0.1, 0.15) is 42.7 Å². The van der Waals surface area contributed by atoms with Gasteiger partial charge in [-0.2, -0.15) is 17.9 Å². The highest BCUT2D eigenvalue weighted by atomic mass is 19.4. The van der Waals surface area contributed by atoms with Crippen LogP contribution in [0.15, 0.2) is 60.8 Å². The van der Waals surface area contributed by atoms with Gasteiger partial charge in [0.1, 0.15) is 11.5 Å². The van der Waals surface area contributed by atoms with Crippen LogP contribution in [-0.2, 0) is 11.0 Å². The number of rotatable bonds is 6. The number of alkyl halides is 3. The van der Waals surface area contributed by atoms with Gasteiger partial charge in [-0.05, 0) is 62.7 Å². The molecule has 0 radical (unpaired) electrons. The molecule has 2 aromatic carbocycles. The molecule has 0 aliphatic carbocycles. The van der Waals surface area contributed by atoms with Crippen molar-refractivity contribution in [3.05, 3.63) is 77.3 Å². The van der Waals surface area contributed by atoms with Gasteiger partial charge in [-0.3, -0.25) is 9.59 Å². The topological polar surface area (TPSA) is 127 Å². The van der Waals surface area contributed by atoms with Crippen LogP contribution < -0.4 is 30.3 Å². The fourth-order valence-corrected chi connectivity index (χ4v) is 4.33. The van der Waals surface area contributed by atoms with Gasteiger partial charge in [-0.25, -0.2) is 4.79 Å². The SMILES string of the molecule is CNC(=O)c1cc(Oc2ccc(NC(=O)Nc3ccc(N4C(=O)CCC4(C)C)c(C(F)(F)F)c3)cc2)cc[n+]1[O-]. The number of anilines is 3. The minimum Gasteiger partial charge on any atom is -0.618 e. The Kier molecular flexibility index (Phi) is 7.58. The van der Waals surface area contributed by atoms with Crippen molar-refractivity contribution in [2.45, 2.75) is 38.4 Å². The summed E-state index contributed by atoms with van der Waals surface area (Å²) in [6.07, 6.45) is -3.05. The smallest absolute Gasteiger partial charge is 0.418 e. The monoisotopic (exact) mass is 557 g/mol. The Bertz CT molecular complexity index is 1460. The van der Waals surface area contributed by atoms with Crippen LogP contribution in [0.2, 0.25) is 0 Å². The summed E-state index contributed by atoms with van der Waals surface area (Å²) in [6.45, 7) is 3.41. The largest absolute Gasteiger partial charge is 0.618 e. The number of nitrogens with zero attached hydrogens (tertiary/aromatic N) is 2. The van der Waals surface area contributed by atoms with E-state index < -0.39 is 35.1 Å². The number of pyridine rings is 1. The number of amides is 4. The van der Waals surface area contributed by atoms with Crippen LogP contribution in [0.5, 0.6) is 11.5 Å². The first-order valence-electron chi connectivity index (χ1n) is 12.1. The van der Waals surface area contributed by atoms with Crippen LogP contribution >= 0.6 is 0 Å². The third-order valence-electron chi connectivity index (χ3n) is 6.30. The second kappa shape index (κ2) is 10.8. The Morgan fingerprint density at radius 2 is 1.65 bits per heavy atom. The van der Waals surface area contributed by atoms with Crippen LogP contribution in [-0.4, -0.2) is 30.4 Å². The van der Waals surface area contributed by atoms with E-state index in [1.54, 1.807) is 13.8 Å².